The van der Waals surface area contributed by atoms with E-state index in [0.717, 1.165) is 12.1 Å². The largest absolute Gasteiger partial charge is 0.416 e. The molecule has 0 saturated carbocycles. The van der Waals surface area contributed by atoms with E-state index in [0.29, 0.717) is 16.9 Å². The third-order valence-corrected chi connectivity index (χ3v) is 4.42. The van der Waals surface area contributed by atoms with Gasteiger partial charge in [0.2, 0.25) is 5.89 Å². The number of hydrogen-bond donors (Lipinski definition) is 1. The van der Waals surface area contributed by atoms with E-state index in [9.17, 15) is 18.0 Å². The number of rotatable bonds is 6. The number of benzene rings is 2. The van der Waals surface area contributed by atoms with Crippen LogP contribution in [0.15, 0.2) is 64.2 Å². The predicted octanol–water partition coefficient (Wildman–Crippen LogP) is 4.31. The van der Waals surface area contributed by atoms with Gasteiger partial charge in [0.15, 0.2) is 0 Å². The number of nitrogens with zero attached hydrogens (tertiary/aromatic N) is 2. The maximum Gasteiger partial charge on any atom is 0.416 e. The summed E-state index contributed by atoms with van der Waals surface area (Å²) < 4.78 is 43.0. The second-order valence-corrected chi connectivity index (χ2v) is 6.42. The number of carbonyl (C=O) groups is 1. The van der Waals surface area contributed by atoms with E-state index >= 15 is 0 Å². The second-order valence-electron chi connectivity index (χ2n) is 5.49. The van der Waals surface area contributed by atoms with Gasteiger partial charge in [-0.15, -0.1) is 10.2 Å². The highest BCUT2D eigenvalue weighted by Crippen LogP contribution is 2.30. The molecule has 5 nitrogen and oxygen atoms in total. The fourth-order valence-corrected chi connectivity index (χ4v) is 2.89. The first kappa shape index (κ1) is 19.0. The summed E-state index contributed by atoms with van der Waals surface area (Å²) in [6.45, 7) is 0.0849. The van der Waals surface area contributed by atoms with Crippen LogP contribution in [0, 0.1) is 0 Å². The van der Waals surface area contributed by atoms with Crippen molar-refractivity contribution in [1.82, 2.24) is 15.5 Å². The fourth-order valence-electron chi connectivity index (χ4n) is 2.15. The molecule has 1 heterocycles. The van der Waals surface area contributed by atoms with Crippen molar-refractivity contribution in [3.05, 3.63) is 77.2 Å². The van der Waals surface area contributed by atoms with Gasteiger partial charge >= 0.3 is 6.18 Å². The normalized spacial score (nSPS) is 11.4. The molecular formula is C18H14F3N3O2S. The molecule has 0 aliphatic heterocycles. The van der Waals surface area contributed by atoms with Crippen LogP contribution in [0.3, 0.4) is 0 Å². The number of hydrogen-bond acceptors (Lipinski definition) is 5. The molecule has 0 unspecified atom stereocenters. The first-order chi connectivity index (χ1) is 12.9. The van der Waals surface area contributed by atoms with Crippen LogP contribution in [0.25, 0.3) is 0 Å². The molecule has 0 spiro atoms. The Bertz CT molecular complexity index is 896. The Balaban J connectivity index is 1.50. The Morgan fingerprint density at radius 3 is 2.41 bits per heavy atom. The van der Waals surface area contributed by atoms with Crippen molar-refractivity contribution in [3.8, 4) is 0 Å². The van der Waals surface area contributed by atoms with Crippen LogP contribution in [-0.2, 0) is 18.5 Å². The van der Waals surface area contributed by atoms with Gasteiger partial charge in [0.25, 0.3) is 11.1 Å². The molecule has 0 radical (unpaired) electrons. The van der Waals surface area contributed by atoms with Crippen LogP contribution in [-0.4, -0.2) is 16.1 Å². The van der Waals surface area contributed by atoms with Crippen LogP contribution < -0.4 is 5.32 Å². The summed E-state index contributed by atoms with van der Waals surface area (Å²) in [5, 5.41) is 10.6. The number of amides is 1. The van der Waals surface area contributed by atoms with Crippen LogP contribution in [0.1, 0.15) is 27.4 Å². The molecule has 27 heavy (non-hydrogen) atoms. The topological polar surface area (TPSA) is 68.0 Å². The van der Waals surface area contributed by atoms with Crippen molar-refractivity contribution in [2.45, 2.75) is 23.7 Å². The quantitative estimate of drug-likeness (QED) is 0.632. The van der Waals surface area contributed by atoms with Gasteiger partial charge < -0.3 is 9.73 Å². The van der Waals surface area contributed by atoms with E-state index in [2.05, 4.69) is 15.5 Å². The van der Waals surface area contributed by atoms with Gasteiger partial charge in [-0.25, -0.2) is 0 Å². The van der Waals surface area contributed by atoms with E-state index in [-0.39, 0.29) is 23.6 Å². The number of alkyl halides is 3. The third-order valence-electron chi connectivity index (χ3n) is 3.53. The Hall–Kier alpha value is -2.81. The molecule has 0 bridgehead atoms. The monoisotopic (exact) mass is 393 g/mol. The lowest BCUT2D eigenvalue weighted by molar-refractivity contribution is -0.137. The number of halogens is 3. The Kier molecular flexibility index (Phi) is 5.80. The van der Waals surface area contributed by atoms with Crippen molar-refractivity contribution in [3.63, 3.8) is 0 Å². The number of aromatic nitrogens is 2. The van der Waals surface area contributed by atoms with Gasteiger partial charge in [-0.05, 0) is 29.8 Å². The minimum Gasteiger partial charge on any atom is -0.414 e. The Labute approximate surface area is 157 Å². The molecule has 0 aliphatic carbocycles. The lowest BCUT2D eigenvalue weighted by atomic mass is 10.1. The molecule has 1 N–H and O–H groups in total. The summed E-state index contributed by atoms with van der Waals surface area (Å²) in [6, 6.07) is 13.6. The summed E-state index contributed by atoms with van der Waals surface area (Å²) in [5.41, 5.74) is 0.532. The van der Waals surface area contributed by atoms with Crippen molar-refractivity contribution < 1.29 is 22.4 Å². The van der Waals surface area contributed by atoms with Crippen molar-refractivity contribution in [2.75, 3.05) is 0 Å². The lowest BCUT2D eigenvalue weighted by Crippen LogP contribution is -2.22. The zero-order valence-corrected chi connectivity index (χ0v) is 14.7. The predicted molar refractivity (Wildman–Crippen MR) is 92.9 cm³/mol. The average Bonchev–Trinajstić information content (AvgIpc) is 3.13. The molecule has 1 amide bonds. The van der Waals surface area contributed by atoms with Crippen LogP contribution in [0.2, 0.25) is 0 Å². The molecule has 3 aromatic rings. The molecule has 3 rings (SSSR count). The summed E-state index contributed by atoms with van der Waals surface area (Å²) in [6.07, 6.45) is -4.35. The van der Waals surface area contributed by atoms with Crippen molar-refractivity contribution in [2.24, 2.45) is 0 Å². The van der Waals surface area contributed by atoms with E-state index in [1.165, 1.54) is 23.9 Å². The molecule has 0 saturated heterocycles. The highest BCUT2D eigenvalue weighted by molar-refractivity contribution is 7.98. The molecule has 1 aromatic heterocycles. The van der Waals surface area contributed by atoms with Gasteiger partial charge in [0, 0.05) is 11.3 Å². The summed E-state index contributed by atoms with van der Waals surface area (Å²) in [5.74, 6) is 0.373. The van der Waals surface area contributed by atoms with E-state index in [4.69, 9.17) is 4.42 Å². The number of carbonyl (C=O) groups excluding carboxylic acids is 1. The van der Waals surface area contributed by atoms with Gasteiger partial charge in [-0.3, -0.25) is 4.79 Å². The zero-order valence-electron chi connectivity index (χ0n) is 13.9. The van der Waals surface area contributed by atoms with Crippen molar-refractivity contribution >= 4 is 17.7 Å². The van der Waals surface area contributed by atoms with Gasteiger partial charge in [-0.2, -0.15) is 13.2 Å². The molecule has 2 aromatic carbocycles. The summed E-state index contributed by atoms with van der Waals surface area (Å²) >= 11 is 1.20. The minimum absolute atomic E-state index is 0.0849. The summed E-state index contributed by atoms with van der Waals surface area (Å²) in [7, 11) is 0. The number of nitrogens with one attached hydrogen (secondary N) is 1. The highest BCUT2D eigenvalue weighted by atomic mass is 32.2. The Morgan fingerprint density at radius 2 is 1.74 bits per heavy atom. The second kappa shape index (κ2) is 8.26. The first-order valence-electron chi connectivity index (χ1n) is 7.86. The molecule has 0 aliphatic rings. The van der Waals surface area contributed by atoms with Crippen LogP contribution >= 0.6 is 11.8 Å². The molecule has 0 atom stereocenters. The number of thioether (sulfide) groups is 1. The average molecular weight is 393 g/mol. The summed E-state index contributed by atoms with van der Waals surface area (Å²) in [4.78, 5) is 11.9. The minimum atomic E-state index is -4.35. The van der Waals surface area contributed by atoms with Gasteiger partial charge in [-0.1, -0.05) is 42.1 Å². The smallest absolute Gasteiger partial charge is 0.414 e. The first-order valence-corrected chi connectivity index (χ1v) is 8.85. The van der Waals surface area contributed by atoms with Gasteiger partial charge in [0.05, 0.1) is 12.1 Å². The maximum atomic E-state index is 12.5. The van der Waals surface area contributed by atoms with Crippen LogP contribution in [0.5, 0.6) is 0 Å². The Morgan fingerprint density at radius 1 is 1.04 bits per heavy atom. The molecular weight excluding hydrogens is 379 g/mol. The zero-order chi connectivity index (χ0) is 19.3. The van der Waals surface area contributed by atoms with E-state index < -0.39 is 11.7 Å². The maximum absolute atomic E-state index is 12.5. The standard InChI is InChI=1S/C18H14F3N3O2S/c19-18(20,21)14-8-6-12(7-9-14)11-27-17-24-23-15(26-17)10-22-16(25)13-4-2-1-3-5-13/h1-9H,10-11H2,(H,22,25). The molecule has 140 valence electrons. The highest BCUT2D eigenvalue weighted by Gasteiger charge is 2.29. The lowest BCUT2D eigenvalue weighted by Gasteiger charge is -2.06. The molecule has 0 fully saturated rings. The fraction of sp³-hybridized carbons (Fsp3) is 0.167. The molecule has 9 heteroatoms. The van der Waals surface area contributed by atoms with E-state index in [1.807, 2.05) is 6.07 Å². The van der Waals surface area contributed by atoms with Crippen molar-refractivity contribution in [1.29, 1.82) is 0 Å². The van der Waals surface area contributed by atoms with Gasteiger partial charge in [0.1, 0.15) is 0 Å². The SMILES string of the molecule is O=C(NCc1nnc(SCc2ccc(C(F)(F)F)cc2)o1)c1ccccc1. The third kappa shape index (κ3) is 5.33. The van der Waals surface area contributed by atoms with Crippen LogP contribution in [0.4, 0.5) is 13.2 Å². The van der Waals surface area contributed by atoms with E-state index in [1.54, 1.807) is 24.3 Å².